The molecule has 0 fully saturated rings. The molecule has 0 radical (unpaired) electrons. The first kappa shape index (κ1) is 71.6. The summed E-state index contributed by atoms with van der Waals surface area (Å²) >= 11 is 0. The average Bonchev–Trinajstić information content (AvgIpc) is 0.789. The number of aryl methyl sites for hydroxylation is 23. The molecule has 12 aromatic rings. The Morgan fingerprint density at radius 1 is 0.184 bits per heavy atom. The van der Waals surface area contributed by atoms with Crippen LogP contribution in [0, 0.1) is 173 Å². The number of hydrogen-bond donors (Lipinski definition) is 0. The quantitative estimate of drug-likeness (QED) is 0.148. The Labute approximate surface area is 630 Å². The van der Waals surface area contributed by atoms with Gasteiger partial charge in [0.15, 0.2) is 34.2 Å². The molecule has 12 rings (SSSR count). The summed E-state index contributed by atoms with van der Waals surface area (Å²) in [5.41, 5.74) is 44.7. The Morgan fingerprint density at radius 2 is 0.466 bits per heavy atom. The molecule has 0 bridgehead atoms. The molecule has 6 nitrogen and oxygen atoms in total. The first-order valence-corrected chi connectivity index (χ1v) is 36.2. The first-order valence-electron chi connectivity index (χ1n) is 39.2. The van der Waals surface area contributed by atoms with Gasteiger partial charge < -0.3 is 0 Å². The zero-order valence-electron chi connectivity index (χ0n) is 73.9. The maximum Gasteiger partial charge on any atom is 0.212 e. The third kappa shape index (κ3) is 20.1. The Bertz CT molecular complexity index is 5160. The van der Waals surface area contributed by atoms with E-state index in [0.717, 1.165) is 33.6 Å². The zero-order valence-corrected chi connectivity index (χ0v) is 67.9. The fraction of sp³-hybridized carbons (Fsp3) is 0.320. The fourth-order valence-electron chi connectivity index (χ4n) is 13.5. The van der Waals surface area contributed by atoms with E-state index >= 15 is 0 Å². The van der Waals surface area contributed by atoms with Crippen LogP contribution in [0.1, 0.15) is 148 Å². The molecule has 103 heavy (non-hydrogen) atoms. The highest BCUT2D eigenvalue weighted by molar-refractivity contribution is 5.68. The molecule has 0 unspecified atom stereocenters. The molecule has 0 aliphatic carbocycles. The van der Waals surface area contributed by atoms with Crippen LogP contribution in [0.3, 0.4) is 0 Å². The highest BCUT2D eigenvalue weighted by Gasteiger charge is 2.22. The average molecular weight is 1380 g/mol. The summed E-state index contributed by atoms with van der Waals surface area (Å²) in [4.78, 5) is 0. The molecule has 0 saturated carbocycles. The SMILES string of the molecule is Cc1cc(C)[n+](C)c(-c2cc(C)c(C)cc2C)c1.Cc1cc(C)[n+](C)c(-c2cccc(C)c2C)c1.Cc1ccc(C)c(-c2cc(C)cc(C)[n+]2C)c1.Cc1ccc(C)c(-c2cc(C)cc(C)[n+]2C)c1.[2H]C([2H])([2H])c1cc(C)cc(-c2cccc(C)c2C)[n+]1C.[2H]C([2H])([2H])c1ccc(-c2cc(C)cc(C)[n+]2C)c(C)c1. The lowest BCUT2D eigenvalue weighted by molar-refractivity contribution is -0.666. The van der Waals surface area contributed by atoms with Crippen molar-refractivity contribution in [1.82, 2.24) is 0 Å². The summed E-state index contributed by atoms with van der Waals surface area (Å²) in [6.07, 6.45) is 0. The van der Waals surface area contributed by atoms with Crippen LogP contribution in [0.25, 0.3) is 67.5 Å². The van der Waals surface area contributed by atoms with Crippen LogP contribution in [-0.4, -0.2) is 0 Å². The third-order valence-corrected chi connectivity index (χ3v) is 20.6. The van der Waals surface area contributed by atoms with E-state index in [-0.39, 0.29) is 0 Å². The minimum absolute atomic E-state index is 0.369. The van der Waals surface area contributed by atoms with Crippen molar-refractivity contribution in [1.29, 1.82) is 0 Å². The Kier molecular flexibility index (Phi) is 24.3. The minimum atomic E-state index is -2.10. The van der Waals surface area contributed by atoms with Gasteiger partial charge in [-0.15, -0.1) is 0 Å². The molecule has 0 amide bonds. The molecule has 534 valence electrons. The summed E-state index contributed by atoms with van der Waals surface area (Å²) in [5.74, 6) is 0. The monoisotopic (exact) mass is 1380 g/mol. The second-order valence-electron chi connectivity index (χ2n) is 29.4. The topological polar surface area (TPSA) is 23.3 Å². The molecule has 0 saturated heterocycles. The van der Waals surface area contributed by atoms with Crippen LogP contribution in [0.15, 0.2) is 176 Å². The van der Waals surface area contributed by atoms with E-state index in [9.17, 15) is 0 Å². The maximum atomic E-state index is 7.68. The van der Waals surface area contributed by atoms with Gasteiger partial charge in [-0.2, -0.15) is 27.4 Å². The van der Waals surface area contributed by atoms with Crippen molar-refractivity contribution in [3.05, 3.63) is 316 Å². The van der Waals surface area contributed by atoms with E-state index < -0.39 is 13.7 Å². The van der Waals surface area contributed by atoms with E-state index in [1.165, 1.54) is 163 Å². The maximum absolute atomic E-state index is 7.68. The molecule has 0 aliphatic rings. The molecular weight excluding hydrogens is 1250 g/mol. The van der Waals surface area contributed by atoms with Gasteiger partial charge >= 0.3 is 0 Å². The van der Waals surface area contributed by atoms with Crippen LogP contribution in [0.5, 0.6) is 0 Å². The van der Waals surface area contributed by atoms with E-state index in [4.69, 9.17) is 8.22 Å². The number of benzene rings is 6. The molecule has 0 N–H and O–H groups in total. The largest absolute Gasteiger partial charge is 0.212 e. The third-order valence-electron chi connectivity index (χ3n) is 20.6. The van der Waals surface area contributed by atoms with Gasteiger partial charge in [0, 0.05) is 156 Å². The van der Waals surface area contributed by atoms with E-state index in [2.05, 4.69) is 330 Å². The van der Waals surface area contributed by atoms with Crippen LogP contribution in [0.2, 0.25) is 0 Å². The van der Waals surface area contributed by atoms with Gasteiger partial charge in [-0.25, -0.2) is 0 Å². The van der Waals surface area contributed by atoms with E-state index in [1.54, 1.807) is 22.8 Å². The smallest absolute Gasteiger partial charge is 0.199 e. The highest BCUT2D eigenvalue weighted by atomic mass is 15.0. The Hall–Kier alpha value is -9.78. The number of hydrogen-bond acceptors (Lipinski definition) is 0. The fourth-order valence-corrected chi connectivity index (χ4v) is 13.5. The molecule has 6 aromatic heterocycles. The van der Waals surface area contributed by atoms with Crippen molar-refractivity contribution in [3.63, 3.8) is 0 Å². The van der Waals surface area contributed by atoms with Crippen LogP contribution in [-0.2, 0) is 42.3 Å². The summed E-state index contributed by atoms with van der Waals surface area (Å²) in [6.45, 7) is 44.8. The van der Waals surface area contributed by atoms with Crippen LogP contribution < -0.4 is 27.4 Å². The number of nitrogens with zero attached hydrogens (tertiary/aromatic N) is 6. The van der Waals surface area contributed by atoms with Crippen molar-refractivity contribution < 1.29 is 35.6 Å². The Balaban J connectivity index is 0.000000182. The predicted octanol–water partition coefficient (Wildman–Crippen LogP) is 20.8. The van der Waals surface area contributed by atoms with Crippen molar-refractivity contribution in [3.8, 4) is 67.5 Å². The molecule has 6 aromatic carbocycles. The molecule has 6 heteroatoms. The van der Waals surface area contributed by atoms with Crippen LogP contribution in [0.4, 0.5) is 0 Å². The number of rotatable bonds is 6. The van der Waals surface area contributed by atoms with Crippen molar-refractivity contribution >= 4 is 0 Å². The summed E-state index contributed by atoms with van der Waals surface area (Å²) in [7, 11) is 12.4. The number of pyridine rings is 6. The Morgan fingerprint density at radius 3 is 0.796 bits per heavy atom. The lowest BCUT2D eigenvalue weighted by Crippen LogP contribution is -2.35. The molecule has 0 aliphatic heterocycles. The standard InChI is InChI=1S/C17H22N.5C16H20N/c1-11-7-15(5)18(6)17(8-11)16-10-13(3)12(2)9-14(16)4;2*1-11-6-7-13(3)15(9-11)16-10-12(2)8-14(4)17(16)5;1-11-6-7-15(13(3)8-11)16-10-12(2)9-14(4)17(16)5;2*1-11-9-13(3)17(5)16(10-11)15-8-6-7-12(2)14(15)4/h7-10H,1-6H3;5*6-10H,1-5H3/q6*+1/i;;;1D3;3D3;. The van der Waals surface area contributed by atoms with Gasteiger partial charge in [0.05, 0.1) is 0 Å². The predicted molar refractivity (Wildman–Crippen MR) is 437 cm³/mol. The van der Waals surface area contributed by atoms with Crippen molar-refractivity contribution in [2.24, 2.45) is 42.3 Å². The second-order valence-corrected chi connectivity index (χ2v) is 29.4. The van der Waals surface area contributed by atoms with Crippen LogP contribution >= 0.6 is 0 Å². The minimum Gasteiger partial charge on any atom is -0.199 e. The first-order chi connectivity index (χ1) is 50.8. The molecule has 0 spiro atoms. The van der Waals surface area contributed by atoms with Gasteiger partial charge in [0.25, 0.3) is 0 Å². The van der Waals surface area contributed by atoms with Gasteiger partial charge in [0.2, 0.25) is 34.2 Å². The molecule has 0 atom stereocenters. The second kappa shape index (κ2) is 34.9. The lowest BCUT2D eigenvalue weighted by Gasteiger charge is -2.10. The highest BCUT2D eigenvalue weighted by Crippen LogP contribution is 2.30. The summed E-state index contributed by atoms with van der Waals surface area (Å²) in [5, 5.41) is 0. The summed E-state index contributed by atoms with van der Waals surface area (Å²) in [6, 6.07) is 61.8. The van der Waals surface area contributed by atoms with Gasteiger partial charge in [0.1, 0.15) is 42.3 Å². The van der Waals surface area contributed by atoms with E-state index in [0.29, 0.717) is 11.3 Å². The van der Waals surface area contributed by atoms with Gasteiger partial charge in [-0.05, 0) is 257 Å². The van der Waals surface area contributed by atoms with E-state index in [1.807, 2.05) is 52.2 Å². The van der Waals surface area contributed by atoms with Crippen molar-refractivity contribution in [2.75, 3.05) is 0 Å². The van der Waals surface area contributed by atoms with Gasteiger partial charge in [-0.1, -0.05) is 83.4 Å². The lowest BCUT2D eigenvalue weighted by atomic mass is 9.97. The van der Waals surface area contributed by atoms with Crippen molar-refractivity contribution in [2.45, 2.75) is 173 Å². The zero-order chi connectivity index (χ0) is 81.3. The molecule has 6 heterocycles. The van der Waals surface area contributed by atoms with Gasteiger partial charge in [-0.3, -0.25) is 0 Å². The molecular formula is C97H122N6+6. The summed E-state index contributed by atoms with van der Waals surface area (Å²) < 4.78 is 58.4. The number of aromatic nitrogens is 6. The normalized spacial score (nSPS) is 11.8.